The number of nitrogens with zero attached hydrogens (tertiary/aromatic N) is 1. The van der Waals surface area contributed by atoms with Crippen LogP contribution in [-0.2, 0) is 23.8 Å². The molecule has 4 aliphatic rings. The fourth-order valence-electron chi connectivity index (χ4n) is 4.17. The van der Waals surface area contributed by atoms with Crippen LogP contribution in [0.3, 0.4) is 0 Å². The number of amides is 2. The van der Waals surface area contributed by atoms with E-state index in [9.17, 15) is 9.59 Å². The zero-order valence-electron chi connectivity index (χ0n) is 12.6. The van der Waals surface area contributed by atoms with Gasteiger partial charge in [0.1, 0.15) is 0 Å². The van der Waals surface area contributed by atoms with Gasteiger partial charge in [0.25, 0.3) is 0 Å². The second-order valence-electron chi connectivity index (χ2n) is 6.36. The molecule has 0 unspecified atom stereocenters. The average Bonchev–Trinajstić information content (AvgIpc) is 3.33. The number of fused-ring (bicyclic) bond motifs is 5. The first-order valence-corrected chi connectivity index (χ1v) is 8.23. The second-order valence-corrected chi connectivity index (χ2v) is 6.80. The van der Waals surface area contributed by atoms with Crippen LogP contribution in [0.25, 0.3) is 0 Å². The van der Waals surface area contributed by atoms with Gasteiger partial charge in [-0.25, -0.2) is 4.90 Å². The maximum absolute atomic E-state index is 13.1. The molecule has 3 fully saturated rings. The van der Waals surface area contributed by atoms with Crippen molar-refractivity contribution in [3.05, 3.63) is 41.4 Å². The Hall–Kier alpha value is -1.73. The van der Waals surface area contributed by atoms with Crippen molar-refractivity contribution in [1.82, 2.24) is 0 Å². The van der Waals surface area contributed by atoms with Crippen molar-refractivity contribution < 1.29 is 23.8 Å². The Morgan fingerprint density at radius 2 is 1.79 bits per heavy atom. The number of ether oxygens (including phenoxy) is 3. The molecule has 0 radical (unpaired) electrons. The monoisotopic (exact) mass is 347 g/mol. The molecule has 0 aliphatic carbocycles. The lowest BCUT2D eigenvalue weighted by Crippen LogP contribution is -2.49. The van der Waals surface area contributed by atoms with E-state index >= 15 is 0 Å². The molecular weight excluding hydrogens is 334 g/mol. The summed E-state index contributed by atoms with van der Waals surface area (Å²) in [5.41, 5.74) is -0.494. The summed E-state index contributed by atoms with van der Waals surface area (Å²) in [6, 6.07) is 6.66. The van der Waals surface area contributed by atoms with E-state index in [4.69, 9.17) is 25.8 Å². The van der Waals surface area contributed by atoms with E-state index in [-0.39, 0.29) is 11.8 Å². The largest absolute Gasteiger partial charge is 0.357 e. The van der Waals surface area contributed by atoms with Gasteiger partial charge in [-0.15, -0.1) is 0 Å². The number of anilines is 1. The molecule has 6 nitrogen and oxygen atoms in total. The summed E-state index contributed by atoms with van der Waals surface area (Å²) in [7, 11) is 0. The van der Waals surface area contributed by atoms with Gasteiger partial charge in [0.05, 0.1) is 36.8 Å². The smallest absolute Gasteiger partial charge is 0.241 e. The normalized spacial score (nSPS) is 37.7. The minimum Gasteiger partial charge on any atom is -0.357 e. The summed E-state index contributed by atoms with van der Waals surface area (Å²) < 4.78 is 17.2. The number of halogens is 1. The molecule has 4 heterocycles. The van der Waals surface area contributed by atoms with E-state index < -0.39 is 29.8 Å². The first-order chi connectivity index (χ1) is 11.6. The Morgan fingerprint density at radius 1 is 1.08 bits per heavy atom. The summed E-state index contributed by atoms with van der Waals surface area (Å²) in [6.07, 6.45) is 2.58. The molecule has 5 rings (SSSR count). The lowest BCUT2D eigenvalue weighted by atomic mass is 9.76. The van der Waals surface area contributed by atoms with Crippen LogP contribution < -0.4 is 4.90 Å². The third-order valence-corrected chi connectivity index (χ3v) is 5.40. The summed E-state index contributed by atoms with van der Waals surface area (Å²) in [5, 5.41) is 0.548. The highest BCUT2D eigenvalue weighted by Gasteiger charge is 2.71. The number of hydrogen-bond donors (Lipinski definition) is 0. The highest BCUT2D eigenvalue weighted by atomic mass is 35.5. The van der Waals surface area contributed by atoms with Gasteiger partial charge < -0.3 is 14.2 Å². The van der Waals surface area contributed by atoms with Crippen LogP contribution in [0.4, 0.5) is 5.69 Å². The Balaban J connectivity index is 1.56. The number of carbonyl (C=O) groups excluding carboxylic acids is 2. The maximum Gasteiger partial charge on any atom is 0.241 e. The lowest BCUT2D eigenvalue weighted by molar-refractivity contribution is -0.180. The van der Waals surface area contributed by atoms with Crippen molar-refractivity contribution in [3.8, 4) is 0 Å². The van der Waals surface area contributed by atoms with E-state index in [0.717, 1.165) is 0 Å². The van der Waals surface area contributed by atoms with Gasteiger partial charge in [-0.3, -0.25) is 9.59 Å². The minimum absolute atomic E-state index is 0.249. The van der Waals surface area contributed by atoms with Crippen LogP contribution in [0.15, 0.2) is 36.4 Å². The average molecular weight is 348 g/mol. The topological polar surface area (TPSA) is 65.1 Å². The van der Waals surface area contributed by atoms with Crippen LogP contribution in [0, 0.1) is 11.8 Å². The molecule has 1 aromatic rings. The summed E-state index contributed by atoms with van der Waals surface area (Å²) in [6.45, 7) is 0.906. The van der Waals surface area contributed by atoms with Gasteiger partial charge in [0.15, 0.2) is 11.9 Å². The van der Waals surface area contributed by atoms with Crippen molar-refractivity contribution in [2.75, 3.05) is 18.1 Å². The van der Waals surface area contributed by atoms with Gasteiger partial charge in [-0.2, -0.15) is 0 Å². The molecule has 0 N–H and O–H groups in total. The van der Waals surface area contributed by atoms with E-state index in [2.05, 4.69) is 0 Å². The predicted octanol–water partition coefficient (Wildman–Crippen LogP) is 1.53. The summed E-state index contributed by atoms with van der Waals surface area (Å²) in [4.78, 5) is 27.2. The molecule has 24 heavy (non-hydrogen) atoms. The van der Waals surface area contributed by atoms with E-state index in [0.29, 0.717) is 23.9 Å². The molecule has 124 valence electrons. The highest BCUT2D eigenvalue weighted by molar-refractivity contribution is 6.31. The summed E-state index contributed by atoms with van der Waals surface area (Å²) >= 11 is 5.90. The Kier molecular flexibility index (Phi) is 2.98. The number of hydrogen-bond acceptors (Lipinski definition) is 5. The van der Waals surface area contributed by atoms with Crippen molar-refractivity contribution in [1.29, 1.82) is 0 Å². The molecule has 2 amide bonds. The van der Waals surface area contributed by atoms with Crippen molar-refractivity contribution >= 4 is 29.1 Å². The number of rotatable bonds is 2. The summed E-state index contributed by atoms with van der Waals surface area (Å²) in [5.74, 6) is -1.69. The Morgan fingerprint density at radius 3 is 2.50 bits per heavy atom. The van der Waals surface area contributed by atoms with Gasteiger partial charge in [-0.05, 0) is 30.3 Å². The first kappa shape index (κ1) is 14.6. The van der Waals surface area contributed by atoms with Crippen LogP contribution in [-0.4, -0.2) is 43.0 Å². The van der Waals surface area contributed by atoms with Gasteiger partial charge >= 0.3 is 0 Å². The zero-order chi connectivity index (χ0) is 16.5. The van der Waals surface area contributed by atoms with Crippen LogP contribution >= 0.6 is 11.6 Å². The highest BCUT2D eigenvalue weighted by Crippen LogP contribution is 2.55. The molecule has 0 spiro atoms. The molecular formula is C17H14ClNO5. The molecule has 0 saturated carbocycles. The quantitative estimate of drug-likeness (QED) is 0.599. The Labute approximate surface area is 142 Å². The fourth-order valence-corrected chi connectivity index (χ4v) is 4.30. The fraction of sp³-hybridized carbons (Fsp3) is 0.412. The molecule has 7 heteroatoms. The molecule has 4 atom stereocenters. The number of benzene rings is 1. The van der Waals surface area contributed by atoms with E-state index in [1.165, 1.54) is 4.90 Å². The molecule has 2 bridgehead atoms. The van der Waals surface area contributed by atoms with Crippen LogP contribution in [0.2, 0.25) is 5.02 Å². The van der Waals surface area contributed by atoms with E-state index in [1.807, 2.05) is 12.2 Å². The van der Waals surface area contributed by atoms with Gasteiger partial charge in [-0.1, -0.05) is 17.7 Å². The standard InChI is InChI=1S/C17H14ClNO5/c18-9-1-3-10(4-2-9)19-14(20)12-11-5-6-17(24-11,13(12)15(19)21)16-22-7-8-23-16/h1-6,11-13,16H,7-8H2/t11-,12-,13-,17-/m1/s1. The third-order valence-electron chi connectivity index (χ3n) is 5.15. The maximum atomic E-state index is 13.1. The number of carbonyl (C=O) groups is 2. The van der Waals surface area contributed by atoms with Crippen molar-refractivity contribution in [2.24, 2.45) is 11.8 Å². The molecule has 4 aliphatic heterocycles. The first-order valence-electron chi connectivity index (χ1n) is 7.85. The Bertz CT molecular complexity index is 757. The zero-order valence-corrected chi connectivity index (χ0v) is 13.3. The van der Waals surface area contributed by atoms with Gasteiger partial charge in [0.2, 0.25) is 11.8 Å². The van der Waals surface area contributed by atoms with Crippen molar-refractivity contribution in [3.63, 3.8) is 0 Å². The lowest BCUT2D eigenvalue weighted by Gasteiger charge is -2.32. The third kappa shape index (κ3) is 1.71. The van der Waals surface area contributed by atoms with Crippen LogP contribution in [0.1, 0.15) is 0 Å². The van der Waals surface area contributed by atoms with Crippen molar-refractivity contribution in [2.45, 2.75) is 18.0 Å². The second kappa shape index (κ2) is 4.89. The minimum atomic E-state index is -1.01. The van der Waals surface area contributed by atoms with Gasteiger partial charge in [0, 0.05) is 5.02 Å². The SMILES string of the molecule is O=C1[C@@H]2[C@H]3C=C[C@@](C4OCCO4)(O3)[C@H]2C(=O)N1c1ccc(Cl)cc1. The van der Waals surface area contributed by atoms with E-state index in [1.54, 1.807) is 24.3 Å². The molecule has 1 aromatic carbocycles. The number of imide groups is 1. The van der Waals surface area contributed by atoms with Crippen LogP contribution in [0.5, 0.6) is 0 Å². The predicted molar refractivity (Wildman–Crippen MR) is 83.4 cm³/mol. The molecule has 3 saturated heterocycles. The molecule has 0 aromatic heterocycles.